The van der Waals surface area contributed by atoms with Gasteiger partial charge in [0.1, 0.15) is 0 Å². The molecule has 0 aliphatic carbocycles. The van der Waals surface area contributed by atoms with E-state index in [1.165, 1.54) is 0 Å². The number of primary amides is 1. The molecule has 2 N–H and O–H groups in total. The van der Waals surface area contributed by atoms with E-state index in [0.717, 1.165) is 0 Å². The minimum absolute atomic E-state index is 0.167. The Hall–Kier alpha value is -0.570. The van der Waals surface area contributed by atoms with E-state index in [4.69, 9.17) is 5.73 Å². The highest BCUT2D eigenvalue weighted by Crippen LogP contribution is 1.99. The monoisotopic (exact) mass is 144 g/mol. The van der Waals surface area contributed by atoms with Crippen LogP contribution in [0.2, 0.25) is 0 Å². The highest BCUT2D eigenvalue weighted by atomic mass is 16.1. The van der Waals surface area contributed by atoms with Gasteiger partial charge >= 0.3 is 0 Å². The van der Waals surface area contributed by atoms with E-state index in [9.17, 15) is 4.79 Å². The van der Waals surface area contributed by atoms with Crippen molar-refractivity contribution in [3.05, 3.63) is 0 Å². The Morgan fingerprint density at radius 2 is 1.80 bits per heavy atom. The largest absolute Gasteiger partial charge is 0.368 e. The second kappa shape index (κ2) is 3.56. The molecule has 1 amide bonds. The maximum absolute atomic E-state index is 10.6. The number of likely N-dealkylation sites (N-methyl/N-ethyl adjacent to an activating group) is 1. The lowest BCUT2D eigenvalue weighted by molar-refractivity contribution is -0.122. The molecule has 1 atom stereocenters. The number of nitrogens with two attached hydrogens (primary N) is 1. The van der Waals surface area contributed by atoms with Crippen LogP contribution in [0, 0.1) is 0 Å². The summed E-state index contributed by atoms with van der Waals surface area (Å²) < 4.78 is 0. The van der Waals surface area contributed by atoms with Gasteiger partial charge in [-0.25, -0.2) is 0 Å². The number of hydrogen-bond donors (Lipinski definition) is 1. The normalized spacial score (nSPS) is 14.2. The molecule has 0 aromatic rings. The summed E-state index contributed by atoms with van der Waals surface area (Å²) in [7, 11) is 1.89. The second-order valence-corrected chi connectivity index (χ2v) is 2.84. The molecule has 0 aliphatic heterocycles. The van der Waals surface area contributed by atoms with Gasteiger partial charge in [0, 0.05) is 6.04 Å². The van der Waals surface area contributed by atoms with Crippen LogP contribution in [0.15, 0.2) is 0 Å². The van der Waals surface area contributed by atoms with E-state index in [-0.39, 0.29) is 11.9 Å². The molecular weight excluding hydrogens is 128 g/mol. The predicted octanol–water partition coefficient (Wildman–Crippen LogP) is 0.200. The summed E-state index contributed by atoms with van der Waals surface area (Å²) in [6.07, 6.45) is 0. The molecule has 0 aliphatic rings. The molecule has 3 heteroatoms. The van der Waals surface area contributed by atoms with Crippen LogP contribution in [0.25, 0.3) is 0 Å². The third-order valence-corrected chi connectivity index (χ3v) is 1.84. The minimum Gasteiger partial charge on any atom is -0.368 e. The van der Waals surface area contributed by atoms with Crippen LogP contribution >= 0.6 is 0 Å². The first-order valence-electron chi connectivity index (χ1n) is 3.48. The van der Waals surface area contributed by atoms with Crippen LogP contribution in [0.4, 0.5) is 0 Å². The lowest BCUT2D eigenvalue weighted by atomic mass is 10.2. The molecule has 0 saturated heterocycles. The van der Waals surface area contributed by atoms with E-state index in [1.807, 2.05) is 32.7 Å². The molecule has 0 saturated carbocycles. The molecule has 0 bridgehead atoms. The van der Waals surface area contributed by atoms with Crippen molar-refractivity contribution in [1.29, 1.82) is 0 Å². The van der Waals surface area contributed by atoms with Gasteiger partial charge in [-0.05, 0) is 27.8 Å². The lowest BCUT2D eigenvalue weighted by Gasteiger charge is -2.25. The number of rotatable bonds is 3. The smallest absolute Gasteiger partial charge is 0.234 e. The summed E-state index contributed by atoms with van der Waals surface area (Å²) in [5.74, 6) is -0.267. The third-order valence-electron chi connectivity index (χ3n) is 1.84. The van der Waals surface area contributed by atoms with E-state index in [1.54, 1.807) is 0 Å². The van der Waals surface area contributed by atoms with Crippen molar-refractivity contribution in [1.82, 2.24) is 4.90 Å². The van der Waals surface area contributed by atoms with Crippen LogP contribution in [-0.2, 0) is 4.79 Å². The standard InChI is InChI=1S/C7H16N2O/c1-5(2)9(4)6(3)7(8)10/h5-6H,1-4H3,(H2,8,10)/t6-/m0/s1. The van der Waals surface area contributed by atoms with Crippen molar-refractivity contribution in [3.8, 4) is 0 Å². The van der Waals surface area contributed by atoms with Gasteiger partial charge in [-0.1, -0.05) is 0 Å². The molecule has 0 unspecified atom stereocenters. The van der Waals surface area contributed by atoms with Crippen molar-refractivity contribution < 1.29 is 4.79 Å². The Kier molecular flexibility index (Phi) is 3.36. The van der Waals surface area contributed by atoms with Gasteiger partial charge in [-0.15, -0.1) is 0 Å². The Balaban J connectivity index is 3.94. The molecule has 0 spiro atoms. The van der Waals surface area contributed by atoms with E-state index in [0.29, 0.717) is 6.04 Å². The Bertz CT molecular complexity index is 123. The average Bonchev–Trinajstić information content (AvgIpc) is 1.84. The average molecular weight is 144 g/mol. The number of hydrogen-bond acceptors (Lipinski definition) is 2. The highest BCUT2D eigenvalue weighted by Gasteiger charge is 2.16. The highest BCUT2D eigenvalue weighted by molar-refractivity contribution is 5.79. The fraction of sp³-hybridized carbons (Fsp3) is 0.857. The maximum Gasteiger partial charge on any atom is 0.234 e. The summed E-state index contributed by atoms with van der Waals surface area (Å²) in [5, 5.41) is 0. The molecule has 0 heterocycles. The van der Waals surface area contributed by atoms with Crippen molar-refractivity contribution >= 4 is 5.91 Å². The zero-order valence-electron chi connectivity index (χ0n) is 7.09. The van der Waals surface area contributed by atoms with Crippen LogP contribution in [0.1, 0.15) is 20.8 Å². The lowest BCUT2D eigenvalue weighted by Crippen LogP contribution is -2.43. The molecule has 0 aromatic heterocycles. The Labute approximate surface area is 62.2 Å². The molecule has 10 heavy (non-hydrogen) atoms. The van der Waals surface area contributed by atoms with Crippen molar-refractivity contribution in [2.75, 3.05) is 7.05 Å². The van der Waals surface area contributed by atoms with Crippen LogP contribution in [0.3, 0.4) is 0 Å². The molecule has 0 radical (unpaired) electrons. The molecule has 0 fully saturated rings. The van der Waals surface area contributed by atoms with Crippen molar-refractivity contribution in [3.63, 3.8) is 0 Å². The predicted molar refractivity (Wildman–Crippen MR) is 41.6 cm³/mol. The molecular formula is C7H16N2O. The van der Waals surface area contributed by atoms with Gasteiger partial charge in [0.05, 0.1) is 6.04 Å². The first-order valence-corrected chi connectivity index (χ1v) is 3.48. The van der Waals surface area contributed by atoms with E-state index < -0.39 is 0 Å². The van der Waals surface area contributed by atoms with Gasteiger partial charge in [0.15, 0.2) is 0 Å². The fourth-order valence-electron chi connectivity index (χ4n) is 0.648. The fourth-order valence-corrected chi connectivity index (χ4v) is 0.648. The van der Waals surface area contributed by atoms with E-state index in [2.05, 4.69) is 0 Å². The summed E-state index contributed by atoms with van der Waals surface area (Å²) in [6.45, 7) is 5.86. The Morgan fingerprint density at radius 3 is 1.90 bits per heavy atom. The van der Waals surface area contributed by atoms with Crippen molar-refractivity contribution in [2.45, 2.75) is 32.9 Å². The molecule has 3 nitrogen and oxygen atoms in total. The summed E-state index contributed by atoms with van der Waals surface area (Å²) in [5.41, 5.74) is 5.09. The number of carbonyl (C=O) groups is 1. The minimum atomic E-state index is -0.267. The Morgan fingerprint density at radius 1 is 1.40 bits per heavy atom. The van der Waals surface area contributed by atoms with Gasteiger partial charge in [-0.3, -0.25) is 9.69 Å². The first-order chi connectivity index (χ1) is 4.46. The first kappa shape index (κ1) is 9.43. The molecule has 0 rings (SSSR count). The zero-order valence-corrected chi connectivity index (χ0v) is 7.09. The number of nitrogens with zero attached hydrogens (tertiary/aromatic N) is 1. The SMILES string of the molecule is CC(C)N(C)[C@@H](C)C(N)=O. The summed E-state index contributed by atoms with van der Waals surface area (Å²) in [6, 6.07) is 0.197. The second-order valence-electron chi connectivity index (χ2n) is 2.84. The van der Waals surface area contributed by atoms with Crippen LogP contribution in [0.5, 0.6) is 0 Å². The van der Waals surface area contributed by atoms with E-state index >= 15 is 0 Å². The van der Waals surface area contributed by atoms with Gasteiger partial charge in [0.25, 0.3) is 0 Å². The van der Waals surface area contributed by atoms with Gasteiger partial charge in [-0.2, -0.15) is 0 Å². The van der Waals surface area contributed by atoms with Gasteiger partial charge in [0.2, 0.25) is 5.91 Å². The van der Waals surface area contributed by atoms with Crippen molar-refractivity contribution in [2.24, 2.45) is 5.73 Å². The molecule has 60 valence electrons. The summed E-state index contributed by atoms with van der Waals surface area (Å²) in [4.78, 5) is 12.6. The maximum atomic E-state index is 10.6. The number of amides is 1. The van der Waals surface area contributed by atoms with Gasteiger partial charge < -0.3 is 5.73 Å². The molecule has 0 aromatic carbocycles. The zero-order chi connectivity index (χ0) is 8.31. The summed E-state index contributed by atoms with van der Waals surface area (Å²) >= 11 is 0. The third kappa shape index (κ3) is 2.35. The number of carbonyl (C=O) groups excluding carboxylic acids is 1. The van der Waals surface area contributed by atoms with Crippen LogP contribution in [-0.4, -0.2) is 29.9 Å². The quantitative estimate of drug-likeness (QED) is 0.615. The topological polar surface area (TPSA) is 46.3 Å². The van der Waals surface area contributed by atoms with Crippen LogP contribution < -0.4 is 5.73 Å².